The minimum Gasteiger partial charge on any atom is -0.497 e. The van der Waals surface area contributed by atoms with E-state index in [1.54, 1.807) is 44.7 Å². The molecule has 0 fully saturated rings. The second-order valence-electron chi connectivity index (χ2n) is 5.94. The molecule has 0 bridgehead atoms. The molecule has 138 valence electrons. The van der Waals surface area contributed by atoms with Crippen LogP contribution in [0.3, 0.4) is 0 Å². The molecule has 0 aliphatic rings. The molecule has 27 heavy (non-hydrogen) atoms. The van der Waals surface area contributed by atoms with Gasteiger partial charge in [0, 0.05) is 23.6 Å². The van der Waals surface area contributed by atoms with Crippen LogP contribution in [0, 0.1) is 6.92 Å². The normalized spacial score (nSPS) is 10.2. The Morgan fingerprint density at radius 3 is 2.52 bits per heavy atom. The summed E-state index contributed by atoms with van der Waals surface area (Å²) in [6.45, 7) is 2.03. The van der Waals surface area contributed by atoms with Gasteiger partial charge in [0.2, 0.25) is 0 Å². The number of pyridine rings is 1. The lowest BCUT2D eigenvalue weighted by atomic mass is 10.2. The van der Waals surface area contributed by atoms with Gasteiger partial charge in [-0.2, -0.15) is 0 Å². The molecule has 0 aliphatic heterocycles. The lowest BCUT2D eigenvalue weighted by Crippen LogP contribution is -2.14. The first-order valence-electron chi connectivity index (χ1n) is 8.42. The van der Waals surface area contributed by atoms with Crippen LogP contribution in [0.15, 0.2) is 60.8 Å². The largest absolute Gasteiger partial charge is 0.497 e. The summed E-state index contributed by atoms with van der Waals surface area (Å²) in [7, 11) is 3.11. The molecule has 1 heterocycles. The lowest BCUT2D eigenvalue weighted by Gasteiger charge is -2.12. The molecule has 0 atom stereocenters. The molecule has 3 rings (SSSR count). The topological polar surface area (TPSA) is 72.5 Å². The van der Waals surface area contributed by atoms with E-state index in [4.69, 9.17) is 9.47 Å². The van der Waals surface area contributed by atoms with Crippen LogP contribution in [-0.2, 0) is 0 Å². The molecule has 6 nitrogen and oxygen atoms in total. The van der Waals surface area contributed by atoms with Crippen molar-refractivity contribution in [1.29, 1.82) is 0 Å². The van der Waals surface area contributed by atoms with E-state index in [0.717, 1.165) is 16.9 Å². The summed E-state index contributed by atoms with van der Waals surface area (Å²) in [6.07, 6.45) is 1.59. The molecule has 2 aromatic carbocycles. The van der Waals surface area contributed by atoms with Gasteiger partial charge in [0.05, 0.1) is 19.9 Å². The summed E-state index contributed by atoms with van der Waals surface area (Å²) in [5.41, 5.74) is 3.68. The van der Waals surface area contributed by atoms with Crippen LogP contribution in [0.25, 0.3) is 0 Å². The zero-order chi connectivity index (χ0) is 19.2. The fourth-order valence-corrected chi connectivity index (χ4v) is 2.62. The predicted molar refractivity (Wildman–Crippen MR) is 106 cm³/mol. The van der Waals surface area contributed by atoms with E-state index in [-0.39, 0.29) is 11.6 Å². The summed E-state index contributed by atoms with van der Waals surface area (Å²) in [5, 5.41) is 6.10. The van der Waals surface area contributed by atoms with E-state index in [1.807, 2.05) is 37.3 Å². The van der Waals surface area contributed by atoms with Crippen molar-refractivity contribution in [1.82, 2.24) is 4.98 Å². The van der Waals surface area contributed by atoms with E-state index in [2.05, 4.69) is 15.6 Å². The van der Waals surface area contributed by atoms with Crippen molar-refractivity contribution >= 4 is 23.0 Å². The average Bonchev–Trinajstić information content (AvgIpc) is 2.68. The summed E-state index contributed by atoms with van der Waals surface area (Å²) in [4.78, 5) is 16.8. The minimum atomic E-state index is -0.338. The van der Waals surface area contributed by atoms with Gasteiger partial charge in [-0.3, -0.25) is 9.78 Å². The Morgan fingerprint density at radius 1 is 0.963 bits per heavy atom. The number of hydrogen-bond donors (Lipinski definition) is 2. The van der Waals surface area contributed by atoms with Crippen LogP contribution in [0.2, 0.25) is 0 Å². The first-order chi connectivity index (χ1) is 13.1. The Labute approximate surface area is 158 Å². The van der Waals surface area contributed by atoms with Crippen molar-refractivity contribution < 1.29 is 14.3 Å². The predicted octanol–water partition coefficient (Wildman–Crippen LogP) is 4.40. The average molecular weight is 363 g/mol. The van der Waals surface area contributed by atoms with E-state index >= 15 is 0 Å². The maximum absolute atomic E-state index is 12.6. The highest BCUT2D eigenvalue weighted by Crippen LogP contribution is 2.29. The molecular weight excluding hydrogens is 342 g/mol. The number of benzene rings is 2. The Hall–Kier alpha value is -3.54. The van der Waals surface area contributed by atoms with Crippen LogP contribution in [-0.4, -0.2) is 25.1 Å². The molecule has 0 aliphatic carbocycles. The Morgan fingerprint density at radius 2 is 1.78 bits per heavy atom. The third kappa shape index (κ3) is 4.55. The van der Waals surface area contributed by atoms with E-state index in [9.17, 15) is 4.79 Å². The second kappa shape index (κ2) is 8.23. The molecule has 0 unspecified atom stereocenters. The molecule has 0 saturated carbocycles. The van der Waals surface area contributed by atoms with Crippen molar-refractivity contribution in [3.05, 3.63) is 72.1 Å². The lowest BCUT2D eigenvalue weighted by molar-refractivity contribution is 0.102. The van der Waals surface area contributed by atoms with Crippen molar-refractivity contribution in [2.45, 2.75) is 6.92 Å². The molecule has 0 radical (unpaired) electrons. The van der Waals surface area contributed by atoms with Crippen LogP contribution < -0.4 is 20.1 Å². The van der Waals surface area contributed by atoms with Crippen molar-refractivity contribution in [3.63, 3.8) is 0 Å². The fraction of sp³-hybridized carbons (Fsp3) is 0.143. The van der Waals surface area contributed by atoms with Gasteiger partial charge in [0.1, 0.15) is 17.2 Å². The first kappa shape index (κ1) is 18.3. The third-order valence-corrected chi connectivity index (χ3v) is 3.95. The van der Waals surface area contributed by atoms with E-state index < -0.39 is 0 Å². The summed E-state index contributed by atoms with van der Waals surface area (Å²) >= 11 is 0. The number of carbonyl (C=O) groups is 1. The Balaban J connectivity index is 1.80. The smallest absolute Gasteiger partial charge is 0.274 e. The number of rotatable bonds is 6. The van der Waals surface area contributed by atoms with Crippen LogP contribution >= 0.6 is 0 Å². The number of hydrogen-bond acceptors (Lipinski definition) is 5. The molecule has 6 heteroatoms. The Kier molecular flexibility index (Phi) is 5.56. The quantitative estimate of drug-likeness (QED) is 0.679. The molecule has 0 saturated heterocycles. The zero-order valence-electron chi connectivity index (χ0n) is 15.4. The van der Waals surface area contributed by atoms with E-state index in [0.29, 0.717) is 17.2 Å². The highest BCUT2D eigenvalue weighted by molar-refractivity contribution is 6.04. The molecule has 1 amide bonds. The van der Waals surface area contributed by atoms with Crippen molar-refractivity contribution in [2.75, 3.05) is 24.9 Å². The number of aromatic nitrogens is 1. The van der Waals surface area contributed by atoms with Gasteiger partial charge in [0.25, 0.3) is 5.91 Å². The van der Waals surface area contributed by atoms with Crippen LogP contribution in [0.4, 0.5) is 17.1 Å². The fourth-order valence-electron chi connectivity index (χ4n) is 2.62. The number of amides is 1. The van der Waals surface area contributed by atoms with Gasteiger partial charge < -0.3 is 20.1 Å². The maximum Gasteiger partial charge on any atom is 0.274 e. The van der Waals surface area contributed by atoms with Crippen LogP contribution in [0.1, 0.15) is 16.1 Å². The standard InChI is InChI=1S/C21H21N3O3/c1-14-5-4-6-15(11-14)23-16-9-10-22-19(12-16)21(25)24-18-13-17(26-2)7-8-20(18)27-3/h4-13H,1-3H3,(H,22,23)(H,24,25). The number of nitrogens with one attached hydrogen (secondary N) is 2. The molecule has 1 aromatic heterocycles. The van der Waals surface area contributed by atoms with Gasteiger partial charge >= 0.3 is 0 Å². The molecule has 3 aromatic rings. The molecule has 2 N–H and O–H groups in total. The number of ether oxygens (including phenoxy) is 2. The van der Waals surface area contributed by atoms with Gasteiger partial charge in [-0.15, -0.1) is 0 Å². The minimum absolute atomic E-state index is 0.289. The SMILES string of the molecule is COc1ccc(OC)c(NC(=O)c2cc(Nc3cccc(C)c3)ccn2)c1. The third-order valence-electron chi connectivity index (χ3n) is 3.95. The van der Waals surface area contributed by atoms with Gasteiger partial charge in [-0.05, 0) is 48.9 Å². The highest BCUT2D eigenvalue weighted by Gasteiger charge is 2.13. The first-order valence-corrected chi connectivity index (χ1v) is 8.42. The molecule has 0 spiro atoms. The monoisotopic (exact) mass is 363 g/mol. The maximum atomic E-state index is 12.6. The summed E-state index contributed by atoms with van der Waals surface area (Å²) in [5.74, 6) is 0.821. The molecular formula is C21H21N3O3. The van der Waals surface area contributed by atoms with E-state index in [1.165, 1.54) is 0 Å². The van der Waals surface area contributed by atoms with Gasteiger partial charge in [0.15, 0.2) is 0 Å². The van der Waals surface area contributed by atoms with Crippen molar-refractivity contribution in [3.8, 4) is 11.5 Å². The number of methoxy groups -OCH3 is 2. The van der Waals surface area contributed by atoms with Gasteiger partial charge in [-0.1, -0.05) is 12.1 Å². The van der Waals surface area contributed by atoms with Crippen molar-refractivity contribution in [2.24, 2.45) is 0 Å². The van der Waals surface area contributed by atoms with Crippen LogP contribution in [0.5, 0.6) is 11.5 Å². The van der Waals surface area contributed by atoms with Gasteiger partial charge in [-0.25, -0.2) is 0 Å². The second-order valence-corrected chi connectivity index (χ2v) is 5.94. The number of aryl methyl sites for hydroxylation is 1. The summed E-state index contributed by atoms with van der Waals surface area (Å²) in [6, 6.07) is 16.7. The number of carbonyl (C=O) groups excluding carboxylic acids is 1. The Bertz CT molecular complexity index is 957. The number of anilines is 3. The summed E-state index contributed by atoms with van der Waals surface area (Å²) < 4.78 is 10.5. The zero-order valence-corrected chi connectivity index (χ0v) is 15.4. The number of nitrogens with zero attached hydrogens (tertiary/aromatic N) is 1. The highest BCUT2D eigenvalue weighted by atomic mass is 16.5.